The van der Waals surface area contributed by atoms with Crippen molar-refractivity contribution in [3.63, 3.8) is 0 Å². The lowest BCUT2D eigenvalue weighted by atomic mass is 10.0. The van der Waals surface area contributed by atoms with E-state index in [4.69, 9.17) is 0 Å². The second kappa shape index (κ2) is 5.13. The van der Waals surface area contributed by atoms with Crippen LogP contribution in [0.5, 0.6) is 0 Å². The molecule has 1 unspecified atom stereocenters. The summed E-state index contributed by atoms with van der Waals surface area (Å²) in [6.45, 7) is 2.03. The van der Waals surface area contributed by atoms with Crippen molar-refractivity contribution in [2.24, 2.45) is 0 Å². The fourth-order valence-electron chi connectivity index (χ4n) is 1.61. The molecule has 2 aromatic rings. The van der Waals surface area contributed by atoms with Crippen molar-refractivity contribution in [2.75, 3.05) is 0 Å². The zero-order valence-electron chi connectivity index (χ0n) is 8.98. The van der Waals surface area contributed by atoms with Crippen molar-refractivity contribution in [1.82, 2.24) is 0 Å². The Kier molecular flexibility index (Phi) is 3.79. The number of hydrogen-bond acceptors (Lipinski definition) is 2. The first kappa shape index (κ1) is 11.8. The highest BCUT2D eigenvalue weighted by molar-refractivity contribution is 9.10. The maximum atomic E-state index is 10.1. The molecule has 0 fully saturated rings. The van der Waals surface area contributed by atoms with Crippen LogP contribution in [0.4, 0.5) is 0 Å². The Labute approximate surface area is 108 Å². The Morgan fingerprint density at radius 1 is 1.38 bits per heavy atom. The summed E-state index contributed by atoms with van der Waals surface area (Å²) in [6.07, 6.45) is 0.282. The Balaban J connectivity index is 2.14. The third kappa shape index (κ3) is 2.73. The quantitative estimate of drug-likeness (QED) is 0.904. The van der Waals surface area contributed by atoms with Gasteiger partial charge < -0.3 is 5.11 Å². The largest absolute Gasteiger partial charge is 0.388 e. The zero-order chi connectivity index (χ0) is 11.5. The van der Waals surface area contributed by atoms with E-state index < -0.39 is 6.10 Å². The van der Waals surface area contributed by atoms with Crippen LogP contribution in [-0.4, -0.2) is 5.11 Å². The molecule has 0 spiro atoms. The van der Waals surface area contributed by atoms with Crippen molar-refractivity contribution >= 4 is 27.3 Å². The van der Waals surface area contributed by atoms with E-state index in [0.29, 0.717) is 6.42 Å². The molecule has 84 valence electrons. The smallest absolute Gasteiger partial charge is 0.0838 e. The number of aryl methyl sites for hydroxylation is 1. The fraction of sp³-hybridized carbons (Fsp3) is 0.231. The van der Waals surface area contributed by atoms with E-state index in [-0.39, 0.29) is 0 Å². The molecule has 3 heteroatoms. The normalized spacial score (nSPS) is 12.7. The van der Waals surface area contributed by atoms with Crippen molar-refractivity contribution in [1.29, 1.82) is 0 Å². The summed E-state index contributed by atoms with van der Waals surface area (Å²) in [5.74, 6) is 0. The van der Waals surface area contributed by atoms with Crippen LogP contribution in [0.1, 0.15) is 22.1 Å². The van der Waals surface area contributed by atoms with Crippen molar-refractivity contribution in [2.45, 2.75) is 19.4 Å². The van der Waals surface area contributed by atoms with E-state index in [0.717, 1.165) is 15.6 Å². The maximum absolute atomic E-state index is 10.1. The van der Waals surface area contributed by atoms with Gasteiger partial charge in [-0.15, -0.1) is 11.3 Å². The first-order valence-corrected chi connectivity index (χ1v) is 6.80. The molecule has 0 saturated heterocycles. The Morgan fingerprint density at radius 3 is 2.81 bits per heavy atom. The number of halogens is 1. The van der Waals surface area contributed by atoms with Gasteiger partial charge in [-0.25, -0.2) is 0 Å². The molecule has 0 bridgehead atoms. The molecule has 1 heterocycles. The zero-order valence-corrected chi connectivity index (χ0v) is 11.4. The maximum Gasteiger partial charge on any atom is 0.0838 e. The van der Waals surface area contributed by atoms with Gasteiger partial charge in [-0.1, -0.05) is 34.1 Å². The van der Waals surface area contributed by atoms with Crippen LogP contribution in [-0.2, 0) is 6.42 Å². The lowest BCUT2D eigenvalue weighted by Gasteiger charge is -2.11. The minimum Gasteiger partial charge on any atom is -0.388 e. The molecule has 1 N–H and O–H groups in total. The predicted molar refractivity (Wildman–Crippen MR) is 71.9 cm³/mol. The van der Waals surface area contributed by atoms with Crippen LogP contribution in [0.25, 0.3) is 0 Å². The van der Waals surface area contributed by atoms with Gasteiger partial charge in [0.25, 0.3) is 0 Å². The van der Waals surface area contributed by atoms with Gasteiger partial charge in [0.1, 0.15) is 0 Å². The first-order valence-electron chi connectivity index (χ1n) is 5.13. The molecule has 0 aliphatic carbocycles. The van der Waals surface area contributed by atoms with E-state index in [9.17, 15) is 5.11 Å². The average Bonchev–Trinajstić information content (AvgIpc) is 2.74. The van der Waals surface area contributed by atoms with Crippen LogP contribution in [0.3, 0.4) is 0 Å². The van der Waals surface area contributed by atoms with Crippen LogP contribution < -0.4 is 0 Å². The summed E-state index contributed by atoms with van der Waals surface area (Å²) < 4.78 is 1.08. The van der Waals surface area contributed by atoms with Crippen LogP contribution in [0.15, 0.2) is 40.2 Å². The number of aliphatic hydroxyl groups excluding tert-OH is 1. The van der Waals surface area contributed by atoms with Crippen LogP contribution >= 0.6 is 27.3 Å². The Morgan fingerprint density at radius 2 is 2.19 bits per heavy atom. The van der Waals surface area contributed by atoms with Gasteiger partial charge in [0, 0.05) is 15.8 Å². The lowest BCUT2D eigenvalue weighted by molar-refractivity contribution is 0.179. The number of rotatable bonds is 3. The molecule has 0 saturated carbocycles. The van der Waals surface area contributed by atoms with Gasteiger partial charge >= 0.3 is 0 Å². The molecular weight excluding hydrogens is 284 g/mol. The molecule has 1 atom stereocenters. The number of thiophene rings is 1. The van der Waals surface area contributed by atoms with Gasteiger partial charge in [-0.2, -0.15) is 0 Å². The molecule has 0 amide bonds. The van der Waals surface area contributed by atoms with Crippen LogP contribution in [0, 0.1) is 6.92 Å². The molecule has 0 aliphatic rings. The summed E-state index contributed by atoms with van der Waals surface area (Å²) >= 11 is 5.14. The summed E-state index contributed by atoms with van der Waals surface area (Å²) in [4.78, 5) is 1.22. The molecule has 1 aromatic heterocycles. The van der Waals surface area contributed by atoms with Gasteiger partial charge in [0.15, 0.2) is 0 Å². The van der Waals surface area contributed by atoms with Crippen molar-refractivity contribution in [3.8, 4) is 0 Å². The van der Waals surface area contributed by atoms with E-state index in [2.05, 4.69) is 22.0 Å². The van der Waals surface area contributed by atoms with Gasteiger partial charge in [-0.3, -0.25) is 0 Å². The highest BCUT2D eigenvalue weighted by Crippen LogP contribution is 2.24. The summed E-state index contributed by atoms with van der Waals surface area (Å²) in [7, 11) is 0. The Bertz CT molecular complexity index is 465. The minimum absolute atomic E-state index is 0.412. The summed E-state index contributed by atoms with van der Waals surface area (Å²) in [6, 6.07) is 10.1. The summed E-state index contributed by atoms with van der Waals surface area (Å²) in [5, 5.41) is 12.1. The number of hydrogen-bond donors (Lipinski definition) is 1. The van der Waals surface area contributed by atoms with Gasteiger partial charge in [-0.05, 0) is 35.6 Å². The molecule has 0 radical (unpaired) electrons. The van der Waals surface area contributed by atoms with Gasteiger partial charge in [0.2, 0.25) is 0 Å². The van der Waals surface area contributed by atoms with Crippen LogP contribution in [0.2, 0.25) is 0 Å². The SMILES string of the molecule is Cc1cc(C(O)Cc2cccs2)ccc1Br. The second-order valence-corrected chi connectivity index (χ2v) is 5.69. The van der Waals surface area contributed by atoms with Crippen molar-refractivity contribution in [3.05, 3.63) is 56.2 Å². The van der Waals surface area contributed by atoms with Crippen molar-refractivity contribution < 1.29 is 5.11 Å². The predicted octanol–water partition coefficient (Wildman–Crippen LogP) is 4.10. The topological polar surface area (TPSA) is 20.2 Å². The third-order valence-electron chi connectivity index (χ3n) is 2.54. The molecule has 1 nitrogen and oxygen atoms in total. The molecular formula is C13H13BrOS. The molecule has 1 aromatic carbocycles. The standard InChI is InChI=1S/C13H13BrOS/c1-9-7-10(4-5-12(9)14)13(15)8-11-3-2-6-16-11/h2-7,13,15H,8H2,1H3. The monoisotopic (exact) mass is 296 g/mol. The number of aliphatic hydroxyl groups is 1. The highest BCUT2D eigenvalue weighted by Gasteiger charge is 2.10. The average molecular weight is 297 g/mol. The highest BCUT2D eigenvalue weighted by atomic mass is 79.9. The molecule has 16 heavy (non-hydrogen) atoms. The minimum atomic E-state index is -0.412. The lowest BCUT2D eigenvalue weighted by Crippen LogP contribution is -2.00. The van der Waals surface area contributed by atoms with Gasteiger partial charge in [0.05, 0.1) is 6.10 Å². The first-order chi connectivity index (χ1) is 7.66. The van der Waals surface area contributed by atoms with E-state index in [1.165, 1.54) is 4.88 Å². The van der Waals surface area contributed by atoms with E-state index in [1.54, 1.807) is 11.3 Å². The third-order valence-corrected chi connectivity index (χ3v) is 4.33. The molecule has 0 aliphatic heterocycles. The Hall–Kier alpha value is -0.640. The molecule has 2 rings (SSSR count). The number of benzene rings is 1. The van der Waals surface area contributed by atoms with E-state index >= 15 is 0 Å². The second-order valence-electron chi connectivity index (χ2n) is 3.81. The summed E-state index contributed by atoms with van der Waals surface area (Å²) in [5.41, 5.74) is 2.14. The fourth-order valence-corrected chi connectivity index (χ4v) is 2.60. The van der Waals surface area contributed by atoms with E-state index in [1.807, 2.05) is 36.6 Å².